The molecule has 7 nitrogen and oxygen atoms in total. The number of aromatic nitrogens is 4. The molecule has 3 rings (SSSR count). The van der Waals surface area contributed by atoms with Crippen molar-refractivity contribution in [3.63, 3.8) is 0 Å². The van der Waals surface area contributed by atoms with Crippen LogP contribution in [0.2, 0.25) is 0 Å². The van der Waals surface area contributed by atoms with Gasteiger partial charge >= 0.3 is 0 Å². The molecule has 0 saturated heterocycles. The van der Waals surface area contributed by atoms with Gasteiger partial charge in [0.15, 0.2) is 0 Å². The van der Waals surface area contributed by atoms with Gasteiger partial charge in [0.25, 0.3) is 0 Å². The first kappa shape index (κ1) is 11.0. The molecule has 1 aliphatic heterocycles. The van der Waals surface area contributed by atoms with Crippen LogP contribution in [0, 0.1) is 0 Å². The Morgan fingerprint density at radius 2 is 2.33 bits per heavy atom. The molecule has 18 heavy (non-hydrogen) atoms. The van der Waals surface area contributed by atoms with Crippen LogP contribution in [0.5, 0.6) is 5.88 Å². The van der Waals surface area contributed by atoms with E-state index in [0.717, 1.165) is 11.4 Å². The fourth-order valence-electron chi connectivity index (χ4n) is 2.03. The number of imidazole rings is 1. The molecule has 1 aliphatic rings. The number of aromatic amines is 1. The third-order valence-corrected chi connectivity index (χ3v) is 2.95. The number of rotatable bonds is 2. The van der Waals surface area contributed by atoms with Crippen LogP contribution in [0.15, 0.2) is 6.33 Å². The third kappa shape index (κ3) is 1.52. The first-order valence-electron chi connectivity index (χ1n) is 5.56. The number of nitrogens with zero attached hydrogens (tertiary/aromatic N) is 3. The molecular formula is C11H13N5O2. The van der Waals surface area contributed by atoms with Crippen molar-refractivity contribution in [2.24, 2.45) is 0 Å². The van der Waals surface area contributed by atoms with Gasteiger partial charge in [-0.1, -0.05) is 0 Å². The van der Waals surface area contributed by atoms with Gasteiger partial charge in [-0.15, -0.1) is 0 Å². The second-order valence-electron chi connectivity index (χ2n) is 4.05. The van der Waals surface area contributed by atoms with Crippen molar-refractivity contribution in [2.45, 2.75) is 19.6 Å². The topological polar surface area (TPSA) is 98.9 Å². The van der Waals surface area contributed by atoms with Crippen molar-refractivity contribution >= 4 is 5.82 Å². The maximum atomic E-state index is 5.86. The fourth-order valence-corrected chi connectivity index (χ4v) is 2.03. The lowest BCUT2D eigenvalue weighted by atomic mass is 10.2. The minimum absolute atomic E-state index is 0.0122. The molecule has 0 radical (unpaired) electrons. The Morgan fingerprint density at radius 1 is 1.50 bits per heavy atom. The molecule has 7 heteroatoms. The van der Waals surface area contributed by atoms with Crippen LogP contribution in [0.4, 0.5) is 5.82 Å². The highest BCUT2D eigenvalue weighted by Crippen LogP contribution is 2.35. The van der Waals surface area contributed by atoms with Gasteiger partial charge < -0.3 is 20.2 Å². The molecule has 0 saturated carbocycles. The molecule has 94 valence electrons. The van der Waals surface area contributed by atoms with Crippen molar-refractivity contribution in [1.82, 2.24) is 19.9 Å². The van der Waals surface area contributed by atoms with Crippen LogP contribution < -0.4 is 10.5 Å². The van der Waals surface area contributed by atoms with E-state index in [4.69, 9.17) is 15.2 Å². The standard InChI is InChI=1S/C11H13N5O2/c1-5-8-6(3-18-5)15-10(16-8)7-9(12)13-4-14-11(7)17-2/h4-5H,3H2,1-2H3,(H,15,16)(H2,12,13,14). The second kappa shape index (κ2) is 3.95. The highest BCUT2D eigenvalue weighted by atomic mass is 16.5. The lowest BCUT2D eigenvalue weighted by molar-refractivity contribution is 0.0762. The minimum atomic E-state index is -0.0122. The number of H-pyrrole nitrogens is 1. The maximum Gasteiger partial charge on any atom is 0.229 e. The molecular weight excluding hydrogens is 234 g/mol. The van der Waals surface area contributed by atoms with Crippen LogP contribution in [-0.2, 0) is 11.3 Å². The monoisotopic (exact) mass is 247 g/mol. The number of methoxy groups -OCH3 is 1. The molecule has 0 fully saturated rings. The Balaban J connectivity index is 2.13. The van der Waals surface area contributed by atoms with Gasteiger partial charge in [-0.05, 0) is 6.92 Å². The zero-order valence-electron chi connectivity index (χ0n) is 10.1. The smallest absolute Gasteiger partial charge is 0.229 e. The Hall–Kier alpha value is -2.15. The summed E-state index contributed by atoms with van der Waals surface area (Å²) < 4.78 is 10.6. The van der Waals surface area contributed by atoms with E-state index in [0.29, 0.717) is 29.7 Å². The average molecular weight is 247 g/mol. The molecule has 2 aromatic heterocycles. The van der Waals surface area contributed by atoms with Gasteiger partial charge in [-0.2, -0.15) is 0 Å². The molecule has 0 aliphatic carbocycles. The highest BCUT2D eigenvalue weighted by Gasteiger charge is 2.26. The number of nitrogens with one attached hydrogen (secondary N) is 1. The summed E-state index contributed by atoms with van der Waals surface area (Å²) in [6, 6.07) is 0. The van der Waals surface area contributed by atoms with E-state index >= 15 is 0 Å². The van der Waals surface area contributed by atoms with E-state index in [1.165, 1.54) is 13.4 Å². The summed E-state index contributed by atoms with van der Waals surface area (Å²) in [6.45, 7) is 2.48. The van der Waals surface area contributed by atoms with Gasteiger partial charge in [-0.3, -0.25) is 0 Å². The first-order chi connectivity index (χ1) is 8.70. The summed E-state index contributed by atoms with van der Waals surface area (Å²) >= 11 is 0. The molecule has 0 amide bonds. The van der Waals surface area contributed by atoms with E-state index in [2.05, 4.69) is 19.9 Å². The largest absolute Gasteiger partial charge is 0.480 e. The molecule has 3 heterocycles. The van der Waals surface area contributed by atoms with E-state index in [1.54, 1.807) is 0 Å². The maximum absolute atomic E-state index is 5.86. The van der Waals surface area contributed by atoms with Gasteiger partial charge in [-0.25, -0.2) is 15.0 Å². The van der Waals surface area contributed by atoms with Gasteiger partial charge in [0.2, 0.25) is 5.88 Å². The Kier molecular flexibility index (Phi) is 2.41. The van der Waals surface area contributed by atoms with Gasteiger partial charge in [0, 0.05) is 0 Å². The number of anilines is 1. The fraction of sp³-hybridized carbons (Fsp3) is 0.364. The normalized spacial score (nSPS) is 17.8. The van der Waals surface area contributed by atoms with Crippen molar-refractivity contribution < 1.29 is 9.47 Å². The first-order valence-corrected chi connectivity index (χ1v) is 5.56. The average Bonchev–Trinajstić information content (AvgIpc) is 2.91. The number of ether oxygens (including phenoxy) is 2. The number of nitrogens with two attached hydrogens (primary N) is 1. The van der Waals surface area contributed by atoms with Crippen LogP contribution in [0.3, 0.4) is 0 Å². The Labute approximate surface area is 103 Å². The molecule has 0 spiro atoms. The molecule has 2 aromatic rings. The summed E-state index contributed by atoms with van der Waals surface area (Å²) in [6.07, 6.45) is 1.35. The minimum Gasteiger partial charge on any atom is -0.480 e. The quantitative estimate of drug-likeness (QED) is 0.822. The zero-order chi connectivity index (χ0) is 12.7. The van der Waals surface area contributed by atoms with Gasteiger partial charge in [0.1, 0.15) is 23.5 Å². The number of nitrogen functional groups attached to an aromatic ring is 1. The zero-order valence-corrected chi connectivity index (χ0v) is 10.1. The number of fused-ring (bicyclic) bond motifs is 1. The van der Waals surface area contributed by atoms with Crippen molar-refractivity contribution in [2.75, 3.05) is 12.8 Å². The number of hydrogen-bond acceptors (Lipinski definition) is 6. The van der Waals surface area contributed by atoms with Crippen molar-refractivity contribution in [3.05, 3.63) is 17.7 Å². The Morgan fingerprint density at radius 3 is 3.06 bits per heavy atom. The number of hydrogen-bond donors (Lipinski definition) is 2. The van der Waals surface area contributed by atoms with E-state index in [9.17, 15) is 0 Å². The summed E-state index contributed by atoms with van der Waals surface area (Å²) in [5, 5.41) is 0. The highest BCUT2D eigenvalue weighted by molar-refractivity contribution is 5.73. The summed E-state index contributed by atoms with van der Waals surface area (Å²) in [4.78, 5) is 15.7. The molecule has 3 N–H and O–H groups in total. The van der Waals surface area contributed by atoms with Crippen LogP contribution in [0.25, 0.3) is 11.4 Å². The van der Waals surface area contributed by atoms with Crippen LogP contribution in [-0.4, -0.2) is 27.0 Å². The molecule has 1 atom stereocenters. The van der Waals surface area contributed by atoms with Crippen LogP contribution in [0.1, 0.15) is 24.4 Å². The lowest BCUT2D eigenvalue weighted by Gasteiger charge is -2.07. The van der Waals surface area contributed by atoms with Crippen molar-refractivity contribution in [3.8, 4) is 17.3 Å². The predicted octanol–water partition coefficient (Wildman–Crippen LogP) is 1.05. The van der Waals surface area contributed by atoms with Crippen LogP contribution >= 0.6 is 0 Å². The SMILES string of the molecule is COc1ncnc(N)c1-c1nc2c([nH]1)COC2C. The summed E-state index contributed by atoms with van der Waals surface area (Å²) in [5.74, 6) is 1.36. The predicted molar refractivity (Wildman–Crippen MR) is 63.8 cm³/mol. The van der Waals surface area contributed by atoms with Gasteiger partial charge in [0.05, 0.1) is 31.2 Å². The van der Waals surface area contributed by atoms with E-state index < -0.39 is 0 Å². The molecule has 1 unspecified atom stereocenters. The van der Waals surface area contributed by atoms with E-state index in [-0.39, 0.29) is 6.10 Å². The molecule has 0 aromatic carbocycles. The summed E-state index contributed by atoms with van der Waals surface area (Å²) in [7, 11) is 1.54. The third-order valence-electron chi connectivity index (χ3n) is 2.95. The van der Waals surface area contributed by atoms with Crippen molar-refractivity contribution in [1.29, 1.82) is 0 Å². The Bertz CT molecular complexity index is 595. The van der Waals surface area contributed by atoms with E-state index in [1.807, 2.05) is 6.92 Å². The summed E-state index contributed by atoms with van der Waals surface area (Å²) in [5.41, 5.74) is 8.30. The second-order valence-corrected chi connectivity index (χ2v) is 4.05. The molecule has 0 bridgehead atoms. The lowest BCUT2D eigenvalue weighted by Crippen LogP contribution is -2.01.